The van der Waals surface area contributed by atoms with E-state index < -0.39 is 0 Å². The standard InChI is InChI=1S/C20H20N4O3/c1-12-4-3-9-24-11-17(22-18(12)24)20(26)21-8-7-14-15-10-13(27-2)5-6-16(15)23-19(14)25/h3-6,9-11,14H,7-8H2,1-2H3,(H,21,26)(H,23,25). The molecule has 1 atom stereocenters. The summed E-state index contributed by atoms with van der Waals surface area (Å²) in [6, 6.07) is 9.38. The van der Waals surface area contributed by atoms with Crippen LogP contribution in [-0.4, -0.2) is 34.9 Å². The normalized spacial score (nSPS) is 15.5. The average molecular weight is 364 g/mol. The van der Waals surface area contributed by atoms with Crippen molar-refractivity contribution in [1.82, 2.24) is 14.7 Å². The van der Waals surface area contributed by atoms with Crippen LogP contribution < -0.4 is 15.4 Å². The predicted octanol–water partition coefficient (Wildman–Crippen LogP) is 2.51. The number of nitrogens with zero attached hydrogens (tertiary/aromatic N) is 2. The molecule has 1 unspecified atom stereocenters. The highest BCUT2D eigenvalue weighted by Crippen LogP contribution is 2.36. The first-order valence-electron chi connectivity index (χ1n) is 8.78. The smallest absolute Gasteiger partial charge is 0.271 e. The number of pyridine rings is 1. The number of hydrogen-bond donors (Lipinski definition) is 2. The number of fused-ring (bicyclic) bond motifs is 2. The highest BCUT2D eigenvalue weighted by Gasteiger charge is 2.30. The van der Waals surface area contributed by atoms with Crippen molar-refractivity contribution >= 4 is 23.1 Å². The zero-order valence-corrected chi connectivity index (χ0v) is 15.2. The summed E-state index contributed by atoms with van der Waals surface area (Å²) in [4.78, 5) is 29.1. The maximum absolute atomic E-state index is 12.4. The molecular weight excluding hydrogens is 344 g/mol. The van der Waals surface area contributed by atoms with Crippen molar-refractivity contribution in [1.29, 1.82) is 0 Å². The van der Waals surface area contributed by atoms with Crippen LogP contribution in [0.3, 0.4) is 0 Å². The number of carbonyl (C=O) groups is 2. The number of nitrogens with one attached hydrogen (secondary N) is 2. The van der Waals surface area contributed by atoms with Crippen molar-refractivity contribution in [3.05, 3.63) is 59.5 Å². The van der Waals surface area contributed by atoms with Gasteiger partial charge in [-0.15, -0.1) is 0 Å². The van der Waals surface area contributed by atoms with Crippen molar-refractivity contribution in [3.8, 4) is 5.75 Å². The third-order valence-corrected chi connectivity index (χ3v) is 4.84. The molecule has 7 nitrogen and oxygen atoms in total. The van der Waals surface area contributed by atoms with Crippen molar-refractivity contribution in [2.45, 2.75) is 19.3 Å². The maximum Gasteiger partial charge on any atom is 0.271 e. The summed E-state index contributed by atoms with van der Waals surface area (Å²) >= 11 is 0. The van der Waals surface area contributed by atoms with E-state index in [1.54, 1.807) is 13.3 Å². The Morgan fingerprint density at radius 2 is 2.22 bits per heavy atom. The first-order chi connectivity index (χ1) is 13.1. The topological polar surface area (TPSA) is 84.7 Å². The van der Waals surface area contributed by atoms with Crippen molar-refractivity contribution in [3.63, 3.8) is 0 Å². The molecule has 3 aromatic rings. The minimum atomic E-state index is -0.307. The van der Waals surface area contributed by atoms with Gasteiger partial charge in [-0.2, -0.15) is 0 Å². The Bertz CT molecular complexity index is 1040. The van der Waals surface area contributed by atoms with Gasteiger partial charge in [-0.25, -0.2) is 4.98 Å². The number of carbonyl (C=O) groups excluding carboxylic acids is 2. The molecule has 0 aliphatic carbocycles. The molecule has 0 spiro atoms. The van der Waals surface area contributed by atoms with Crippen LogP contribution in [0.1, 0.15) is 34.0 Å². The molecule has 138 valence electrons. The molecule has 27 heavy (non-hydrogen) atoms. The number of methoxy groups -OCH3 is 1. The van der Waals surface area contributed by atoms with Crippen LogP contribution in [0, 0.1) is 6.92 Å². The third-order valence-electron chi connectivity index (χ3n) is 4.84. The lowest BCUT2D eigenvalue weighted by Gasteiger charge is -2.10. The fraction of sp³-hybridized carbons (Fsp3) is 0.250. The summed E-state index contributed by atoms with van der Waals surface area (Å²) in [6.07, 6.45) is 4.07. The Labute approximate surface area is 156 Å². The number of imidazole rings is 1. The molecule has 4 rings (SSSR count). The zero-order valence-electron chi connectivity index (χ0n) is 15.2. The van der Waals surface area contributed by atoms with Gasteiger partial charge in [0.05, 0.1) is 13.0 Å². The number of anilines is 1. The summed E-state index contributed by atoms with van der Waals surface area (Å²) in [5.41, 5.74) is 3.83. The van der Waals surface area contributed by atoms with Crippen LogP contribution >= 0.6 is 0 Å². The molecule has 3 heterocycles. The Hall–Kier alpha value is -3.35. The molecule has 1 aromatic carbocycles. The number of aromatic nitrogens is 2. The fourth-order valence-corrected chi connectivity index (χ4v) is 3.40. The average Bonchev–Trinajstić information content (AvgIpc) is 3.23. The van der Waals surface area contributed by atoms with Gasteiger partial charge >= 0.3 is 0 Å². The van der Waals surface area contributed by atoms with Crippen LogP contribution in [0.5, 0.6) is 5.75 Å². The second-order valence-corrected chi connectivity index (χ2v) is 6.59. The molecule has 0 radical (unpaired) electrons. The first kappa shape index (κ1) is 17.1. The quantitative estimate of drug-likeness (QED) is 0.728. The van der Waals surface area contributed by atoms with Gasteiger partial charge in [0.2, 0.25) is 5.91 Å². The van der Waals surface area contributed by atoms with Gasteiger partial charge in [-0.05, 0) is 48.7 Å². The van der Waals surface area contributed by atoms with Gasteiger partial charge in [0.25, 0.3) is 5.91 Å². The molecule has 0 saturated heterocycles. The maximum atomic E-state index is 12.4. The Balaban J connectivity index is 1.43. The lowest BCUT2D eigenvalue weighted by molar-refractivity contribution is -0.117. The van der Waals surface area contributed by atoms with Crippen LogP contribution in [0.15, 0.2) is 42.7 Å². The van der Waals surface area contributed by atoms with E-state index in [1.807, 2.05) is 47.9 Å². The van der Waals surface area contributed by atoms with Crippen LogP contribution in [0.2, 0.25) is 0 Å². The van der Waals surface area contributed by atoms with E-state index in [-0.39, 0.29) is 17.7 Å². The molecule has 0 fully saturated rings. The molecule has 1 aliphatic rings. The third kappa shape index (κ3) is 3.12. The first-order valence-corrected chi connectivity index (χ1v) is 8.78. The van der Waals surface area contributed by atoms with Gasteiger partial charge in [-0.1, -0.05) is 6.07 Å². The Kier molecular flexibility index (Phi) is 4.27. The van der Waals surface area contributed by atoms with E-state index in [2.05, 4.69) is 15.6 Å². The Morgan fingerprint density at radius 1 is 1.37 bits per heavy atom. The monoisotopic (exact) mass is 364 g/mol. The van der Waals surface area contributed by atoms with E-state index in [1.165, 1.54) is 0 Å². The van der Waals surface area contributed by atoms with Crippen molar-refractivity contribution in [2.75, 3.05) is 19.0 Å². The highest BCUT2D eigenvalue weighted by molar-refractivity contribution is 6.03. The predicted molar refractivity (Wildman–Crippen MR) is 101 cm³/mol. The van der Waals surface area contributed by atoms with Crippen LogP contribution in [0.4, 0.5) is 5.69 Å². The second kappa shape index (κ2) is 6.75. The van der Waals surface area contributed by atoms with Crippen molar-refractivity contribution in [2.24, 2.45) is 0 Å². The van der Waals surface area contributed by atoms with Gasteiger partial charge in [0, 0.05) is 24.6 Å². The second-order valence-electron chi connectivity index (χ2n) is 6.59. The summed E-state index contributed by atoms with van der Waals surface area (Å²) in [5.74, 6) is 0.0938. The number of aryl methyl sites for hydroxylation is 1. The molecular formula is C20H20N4O3. The van der Waals surface area contributed by atoms with E-state index >= 15 is 0 Å². The van der Waals surface area contributed by atoms with Gasteiger partial charge in [0.1, 0.15) is 17.1 Å². The minimum Gasteiger partial charge on any atom is -0.497 e. The minimum absolute atomic E-state index is 0.0594. The molecule has 2 aromatic heterocycles. The van der Waals surface area contributed by atoms with Gasteiger partial charge < -0.3 is 19.8 Å². The lowest BCUT2D eigenvalue weighted by Crippen LogP contribution is -2.27. The molecule has 1 aliphatic heterocycles. The van der Waals surface area contributed by atoms with Gasteiger partial charge in [-0.3, -0.25) is 9.59 Å². The molecule has 0 saturated carbocycles. The van der Waals surface area contributed by atoms with E-state index in [0.29, 0.717) is 24.4 Å². The molecule has 7 heteroatoms. The zero-order chi connectivity index (χ0) is 19.0. The molecule has 2 N–H and O–H groups in total. The lowest BCUT2D eigenvalue weighted by atomic mass is 9.97. The summed E-state index contributed by atoms with van der Waals surface area (Å²) in [6.45, 7) is 2.33. The number of rotatable bonds is 5. The summed E-state index contributed by atoms with van der Waals surface area (Å²) < 4.78 is 7.07. The molecule has 0 bridgehead atoms. The number of ether oxygens (including phenoxy) is 1. The van der Waals surface area contributed by atoms with Crippen LogP contribution in [-0.2, 0) is 4.79 Å². The van der Waals surface area contributed by atoms with Gasteiger partial charge in [0.15, 0.2) is 0 Å². The van der Waals surface area contributed by atoms with E-state index in [9.17, 15) is 9.59 Å². The number of amides is 2. The highest BCUT2D eigenvalue weighted by atomic mass is 16.5. The van der Waals surface area contributed by atoms with Crippen molar-refractivity contribution < 1.29 is 14.3 Å². The van der Waals surface area contributed by atoms with E-state index in [0.717, 1.165) is 22.5 Å². The largest absolute Gasteiger partial charge is 0.497 e. The summed E-state index contributed by atoms with van der Waals surface area (Å²) in [7, 11) is 1.59. The van der Waals surface area contributed by atoms with Crippen LogP contribution in [0.25, 0.3) is 5.65 Å². The number of benzene rings is 1. The fourth-order valence-electron chi connectivity index (χ4n) is 3.40. The SMILES string of the molecule is COc1ccc2c(c1)C(CCNC(=O)c1cn3cccc(C)c3n1)C(=O)N2. The number of hydrogen-bond acceptors (Lipinski definition) is 4. The van der Waals surface area contributed by atoms with E-state index in [4.69, 9.17) is 4.74 Å². The summed E-state index contributed by atoms with van der Waals surface area (Å²) in [5, 5.41) is 5.73. The Morgan fingerprint density at radius 3 is 3.00 bits per heavy atom. The molecule has 2 amide bonds.